The summed E-state index contributed by atoms with van der Waals surface area (Å²) < 4.78 is 6.11. The Kier molecular flexibility index (Phi) is 6.63. The Labute approximate surface area is 211 Å². The van der Waals surface area contributed by atoms with Crippen molar-refractivity contribution >= 4 is 17.4 Å². The van der Waals surface area contributed by atoms with Gasteiger partial charge in [0.1, 0.15) is 22.9 Å². The van der Waals surface area contributed by atoms with E-state index in [0.29, 0.717) is 16.9 Å². The molecule has 1 amide bonds. The number of phenolic OH excluding ortho intramolecular Hbond substituents is 1. The molecule has 0 bridgehead atoms. The zero-order chi connectivity index (χ0) is 26.2. The first-order valence-corrected chi connectivity index (χ1v) is 11.9. The average molecular weight is 486 g/mol. The topological polar surface area (TPSA) is 87.1 Å². The molecule has 6 nitrogen and oxygen atoms in total. The molecule has 3 aromatic carbocycles. The third kappa shape index (κ3) is 4.98. The maximum atomic E-state index is 13.4. The van der Waals surface area contributed by atoms with E-state index in [1.54, 1.807) is 24.3 Å². The normalized spacial score (nSPS) is 17.5. The fourth-order valence-electron chi connectivity index (χ4n) is 4.34. The monoisotopic (exact) mass is 485 g/mol. The Hall–Kier alpha value is -4.06. The number of Topliss-reactive ketones (excluding diaryl/α,β-unsaturated/α-hetero) is 1. The van der Waals surface area contributed by atoms with Crippen molar-refractivity contribution in [1.29, 1.82) is 0 Å². The molecule has 1 saturated heterocycles. The molecule has 1 atom stereocenters. The molecule has 3 aromatic rings. The Morgan fingerprint density at radius 1 is 0.944 bits per heavy atom. The number of ether oxygens (including phenoxy) is 1. The number of hydrogen-bond acceptors (Lipinski definition) is 5. The van der Waals surface area contributed by atoms with Crippen molar-refractivity contribution in [3.8, 4) is 11.5 Å². The second kappa shape index (κ2) is 9.53. The van der Waals surface area contributed by atoms with Gasteiger partial charge in [0.05, 0.1) is 18.2 Å². The minimum Gasteiger partial charge on any atom is -0.508 e. The number of ketones is 1. The molecule has 0 aromatic heterocycles. The van der Waals surface area contributed by atoms with Crippen molar-refractivity contribution in [2.75, 3.05) is 0 Å². The number of aliphatic hydroxyl groups excluding tert-OH is 1. The van der Waals surface area contributed by atoms with Crippen LogP contribution in [0.2, 0.25) is 0 Å². The lowest BCUT2D eigenvalue weighted by Gasteiger charge is -2.28. The molecule has 186 valence electrons. The Morgan fingerprint density at radius 2 is 1.61 bits per heavy atom. The lowest BCUT2D eigenvalue weighted by atomic mass is 9.94. The van der Waals surface area contributed by atoms with Gasteiger partial charge in [0.15, 0.2) is 0 Å². The van der Waals surface area contributed by atoms with E-state index < -0.39 is 23.3 Å². The van der Waals surface area contributed by atoms with Gasteiger partial charge < -0.3 is 19.8 Å². The molecular formula is C30H31NO5. The van der Waals surface area contributed by atoms with Gasteiger partial charge in [-0.2, -0.15) is 0 Å². The van der Waals surface area contributed by atoms with Gasteiger partial charge in [-0.25, -0.2) is 0 Å². The molecule has 1 unspecified atom stereocenters. The highest BCUT2D eigenvalue weighted by atomic mass is 16.5. The van der Waals surface area contributed by atoms with Crippen molar-refractivity contribution in [3.63, 3.8) is 0 Å². The van der Waals surface area contributed by atoms with E-state index in [-0.39, 0.29) is 23.6 Å². The third-order valence-corrected chi connectivity index (χ3v) is 6.26. The summed E-state index contributed by atoms with van der Waals surface area (Å²) in [6, 6.07) is 18.3. The summed E-state index contributed by atoms with van der Waals surface area (Å²) in [5, 5.41) is 21.1. The number of para-hydroxylation sites is 1. The number of rotatable bonds is 5. The fourth-order valence-corrected chi connectivity index (χ4v) is 4.34. The number of hydrogen-bond donors (Lipinski definition) is 2. The van der Waals surface area contributed by atoms with Crippen LogP contribution >= 0.6 is 0 Å². The second-order valence-electron chi connectivity index (χ2n) is 10.1. The van der Waals surface area contributed by atoms with E-state index in [1.807, 2.05) is 65.0 Å². The minimum atomic E-state index is -0.838. The predicted molar refractivity (Wildman–Crippen MR) is 139 cm³/mol. The highest BCUT2D eigenvalue weighted by molar-refractivity contribution is 6.46. The summed E-state index contributed by atoms with van der Waals surface area (Å²) in [6.45, 7) is 9.81. The van der Waals surface area contributed by atoms with Crippen LogP contribution in [-0.4, -0.2) is 32.4 Å². The number of aliphatic hydroxyl groups is 1. The van der Waals surface area contributed by atoms with Crippen molar-refractivity contribution in [2.24, 2.45) is 0 Å². The fraction of sp³-hybridized carbons (Fsp3) is 0.267. The summed E-state index contributed by atoms with van der Waals surface area (Å²) in [4.78, 5) is 28.2. The van der Waals surface area contributed by atoms with Gasteiger partial charge in [0.25, 0.3) is 11.7 Å². The molecule has 0 saturated carbocycles. The van der Waals surface area contributed by atoms with Crippen molar-refractivity contribution in [3.05, 3.63) is 100 Å². The first-order valence-electron chi connectivity index (χ1n) is 11.9. The summed E-state index contributed by atoms with van der Waals surface area (Å²) in [5.74, 6) is -1.00. The first-order chi connectivity index (χ1) is 17.0. The number of aromatic hydroxyl groups is 1. The number of carbonyl (C=O) groups excluding carboxylic acids is 2. The molecule has 36 heavy (non-hydrogen) atoms. The van der Waals surface area contributed by atoms with Crippen molar-refractivity contribution in [1.82, 2.24) is 4.90 Å². The van der Waals surface area contributed by atoms with Gasteiger partial charge in [-0.3, -0.25) is 9.59 Å². The molecule has 0 spiro atoms. The summed E-state index contributed by atoms with van der Waals surface area (Å²) in [7, 11) is 0. The number of amides is 1. The molecule has 2 N–H and O–H groups in total. The molecular weight excluding hydrogens is 454 g/mol. The highest BCUT2D eigenvalue weighted by Crippen LogP contribution is 2.41. The smallest absolute Gasteiger partial charge is 0.295 e. The van der Waals surface area contributed by atoms with Gasteiger partial charge in [-0.05, 0) is 75.6 Å². The van der Waals surface area contributed by atoms with Gasteiger partial charge in [-0.1, -0.05) is 42.5 Å². The minimum absolute atomic E-state index is 0.0168. The van der Waals surface area contributed by atoms with E-state index in [2.05, 4.69) is 0 Å². The standard InChI is InChI=1S/C30H31NO5/c1-18-10-11-21(16-19(18)2)27(33)25-26(20-12-14-23(32)15-13-20)31(29(35)28(25)34)17-22-8-6-7-9-24(22)36-30(3,4)5/h6-16,26,32-33H,17H2,1-5H3/b27-25-. The van der Waals surface area contributed by atoms with E-state index in [4.69, 9.17) is 4.74 Å². The van der Waals surface area contributed by atoms with E-state index in [9.17, 15) is 19.8 Å². The zero-order valence-corrected chi connectivity index (χ0v) is 21.2. The Morgan fingerprint density at radius 3 is 2.25 bits per heavy atom. The van der Waals surface area contributed by atoms with Gasteiger partial charge in [0, 0.05) is 11.1 Å². The van der Waals surface area contributed by atoms with E-state index in [0.717, 1.165) is 16.7 Å². The van der Waals surface area contributed by atoms with Crippen LogP contribution in [0.15, 0.2) is 72.3 Å². The number of nitrogens with zero attached hydrogens (tertiary/aromatic N) is 1. The largest absolute Gasteiger partial charge is 0.508 e. The number of benzene rings is 3. The van der Waals surface area contributed by atoms with Crippen LogP contribution in [-0.2, 0) is 16.1 Å². The van der Waals surface area contributed by atoms with Crippen LogP contribution in [0.4, 0.5) is 0 Å². The van der Waals surface area contributed by atoms with Crippen LogP contribution in [0.5, 0.6) is 11.5 Å². The Balaban J connectivity index is 1.85. The lowest BCUT2D eigenvalue weighted by molar-refractivity contribution is -0.140. The van der Waals surface area contributed by atoms with Gasteiger partial charge >= 0.3 is 0 Å². The first kappa shape index (κ1) is 25.0. The number of carbonyl (C=O) groups is 2. The third-order valence-electron chi connectivity index (χ3n) is 6.26. The number of aryl methyl sites for hydroxylation is 2. The Bertz CT molecular complexity index is 1350. The quantitative estimate of drug-likeness (QED) is 0.271. The van der Waals surface area contributed by atoms with Gasteiger partial charge in [-0.15, -0.1) is 0 Å². The van der Waals surface area contributed by atoms with Crippen LogP contribution in [0.1, 0.15) is 54.6 Å². The van der Waals surface area contributed by atoms with Crippen LogP contribution in [0, 0.1) is 13.8 Å². The average Bonchev–Trinajstić information content (AvgIpc) is 3.06. The van der Waals surface area contributed by atoms with Crippen LogP contribution in [0.25, 0.3) is 5.76 Å². The van der Waals surface area contributed by atoms with E-state index >= 15 is 0 Å². The number of likely N-dealkylation sites (tertiary alicyclic amines) is 1. The lowest BCUT2D eigenvalue weighted by Crippen LogP contribution is -2.30. The van der Waals surface area contributed by atoms with Gasteiger partial charge in [0.2, 0.25) is 0 Å². The van der Waals surface area contributed by atoms with Crippen LogP contribution < -0.4 is 4.74 Å². The number of phenols is 1. The van der Waals surface area contributed by atoms with Crippen molar-refractivity contribution < 1.29 is 24.5 Å². The second-order valence-corrected chi connectivity index (χ2v) is 10.1. The molecule has 1 aliphatic rings. The molecule has 0 aliphatic carbocycles. The molecule has 1 aliphatic heterocycles. The summed E-state index contributed by atoms with van der Waals surface area (Å²) in [5.41, 5.74) is 3.39. The maximum Gasteiger partial charge on any atom is 0.295 e. The highest BCUT2D eigenvalue weighted by Gasteiger charge is 2.46. The van der Waals surface area contributed by atoms with Crippen molar-refractivity contribution in [2.45, 2.75) is 52.8 Å². The van der Waals surface area contributed by atoms with E-state index in [1.165, 1.54) is 17.0 Å². The maximum absolute atomic E-state index is 13.4. The SMILES string of the molecule is Cc1ccc(/C(O)=C2/C(=O)C(=O)N(Cc3ccccc3OC(C)(C)C)C2c2ccc(O)cc2)cc1C. The summed E-state index contributed by atoms with van der Waals surface area (Å²) >= 11 is 0. The predicted octanol–water partition coefficient (Wildman–Crippen LogP) is 5.81. The zero-order valence-electron chi connectivity index (χ0n) is 21.2. The molecule has 6 heteroatoms. The molecule has 4 rings (SSSR count). The molecule has 0 radical (unpaired) electrons. The van der Waals surface area contributed by atoms with Crippen LogP contribution in [0.3, 0.4) is 0 Å². The molecule has 1 fully saturated rings. The summed E-state index contributed by atoms with van der Waals surface area (Å²) in [6.07, 6.45) is 0. The molecule has 1 heterocycles.